The molecule has 5 nitrogen and oxygen atoms in total. The maximum absolute atomic E-state index is 13.0. The van der Waals surface area contributed by atoms with E-state index in [2.05, 4.69) is 34.5 Å². The van der Waals surface area contributed by atoms with E-state index in [0.29, 0.717) is 17.0 Å². The Labute approximate surface area is 88.1 Å². The van der Waals surface area contributed by atoms with E-state index in [-0.39, 0.29) is 5.78 Å². The Balaban J connectivity index is 2.44. The summed E-state index contributed by atoms with van der Waals surface area (Å²) < 4.78 is 13.0. The number of nitrogens with one attached hydrogen (secondary N) is 2. The normalized spacial score (nSPS) is 13.0. The zero-order chi connectivity index (χ0) is 10.8. The van der Waals surface area contributed by atoms with Crippen LogP contribution in [0.3, 0.4) is 0 Å². The van der Waals surface area contributed by atoms with Crippen LogP contribution in [-0.4, -0.2) is 25.7 Å². The molecule has 2 aromatic rings. The Hall–Kier alpha value is -1.29. The number of hydrogen-bond acceptors (Lipinski definition) is 4. The van der Waals surface area contributed by atoms with Crippen molar-refractivity contribution in [1.29, 1.82) is 0 Å². The predicted molar refractivity (Wildman–Crippen MR) is 59.1 cm³/mol. The van der Waals surface area contributed by atoms with Gasteiger partial charge >= 0.3 is 6.08 Å². The quantitative estimate of drug-likeness (QED) is 0.616. The first-order valence-electron chi connectivity index (χ1n) is 4.59. The molecule has 1 unspecified atom stereocenters. The number of nitrogens with zero attached hydrogens (tertiary/aromatic N) is 3. The van der Waals surface area contributed by atoms with Crippen LogP contribution in [0, 0.1) is 6.08 Å². The van der Waals surface area contributed by atoms with Gasteiger partial charge in [0.05, 0.1) is 6.33 Å². The topological polar surface area (TPSA) is 66.5 Å². The Bertz CT molecular complexity index is 471. The van der Waals surface area contributed by atoms with Crippen molar-refractivity contribution in [2.24, 2.45) is 0 Å². The number of halogens is 1. The van der Waals surface area contributed by atoms with Crippen LogP contribution in [0.1, 0.15) is 13.3 Å². The number of H-pyrrole nitrogens is 1. The van der Waals surface area contributed by atoms with Crippen LogP contribution in [0.4, 0.5) is 10.2 Å². The third-order valence-corrected chi connectivity index (χ3v) is 2.66. The average Bonchev–Trinajstić information content (AvgIpc) is 2.65. The van der Waals surface area contributed by atoms with Gasteiger partial charge in [0, 0.05) is 5.78 Å². The molecule has 2 aromatic heterocycles. The lowest BCUT2D eigenvalue weighted by Gasteiger charge is -2.11. The Kier molecular flexibility index (Phi) is 2.77. The molecule has 0 aromatic carbocycles. The number of rotatable bonds is 3. The van der Waals surface area contributed by atoms with Crippen molar-refractivity contribution in [3.8, 4) is 0 Å². The van der Waals surface area contributed by atoms with Crippen LogP contribution in [0.25, 0.3) is 11.2 Å². The molecule has 2 heterocycles. The first-order valence-corrected chi connectivity index (χ1v) is 5.26. The second kappa shape index (κ2) is 4.06. The maximum Gasteiger partial charge on any atom is 0.312 e. The number of fused-ring (bicyclic) bond motifs is 1. The van der Waals surface area contributed by atoms with Crippen LogP contribution in [-0.2, 0) is 0 Å². The van der Waals surface area contributed by atoms with Gasteiger partial charge in [0.1, 0.15) is 5.52 Å². The summed E-state index contributed by atoms with van der Waals surface area (Å²) in [6, 6.07) is 0. The minimum atomic E-state index is -0.773. The largest absolute Gasteiger partial charge is 0.362 e. The molecule has 0 amide bonds. The number of aromatic amines is 1. The van der Waals surface area contributed by atoms with Gasteiger partial charge in [-0.05, 0) is 6.42 Å². The third-order valence-electron chi connectivity index (χ3n) is 2.02. The van der Waals surface area contributed by atoms with E-state index in [0.717, 1.165) is 6.42 Å². The Morgan fingerprint density at radius 3 is 3.13 bits per heavy atom. The van der Waals surface area contributed by atoms with Gasteiger partial charge in [0.15, 0.2) is 11.5 Å². The highest BCUT2D eigenvalue weighted by Crippen LogP contribution is 2.18. The summed E-state index contributed by atoms with van der Waals surface area (Å²) in [4.78, 5) is 14.0. The Morgan fingerprint density at radius 2 is 2.40 bits per heavy atom. The predicted octanol–water partition coefficient (Wildman–Crippen LogP) is 1.52. The molecule has 0 saturated carbocycles. The number of anilines is 1. The van der Waals surface area contributed by atoms with E-state index in [1.165, 1.54) is 6.33 Å². The zero-order valence-electron chi connectivity index (χ0n) is 8.16. The van der Waals surface area contributed by atoms with E-state index in [1.807, 2.05) is 6.92 Å². The lowest BCUT2D eigenvalue weighted by Crippen LogP contribution is -2.12. The number of aromatic nitrogens is 4. The summed E-state index contributed by atoms with van der Waals surface area (Å²) in [5, 5.41) is 3.06. The molecule has 0 aliphatic carbocycles. The fourth-order valence-electron chi connectivity index (χ4n) is 1.19. The van der Waals surface area contributed by atoms with E-state index >= 15 is 0 Å². The van der Waals surface area contributed by atoms with Crippen LogP contribution >= 0.6 is 9.24 Å². The van der Waals surface area contributed by atoms with Gasteiger partial charge in [-0.15, -0.1) is 9.24 Å². The second-order valence-electron chi connectivity index (χ2n) is 3.10. The van der Waals surface area contributed by atoms with Crippen molar-refractivity contribution in [3.05, 3.63) is 12.4 Å². The van der Waals surface area contributed by atoms with Crippen molar-refractivity contribution < 1.29 is 4.39 Å². The van der Waals surface area contributed by atoms with Crippen molar-refractivity contribution in [2.75, 3.05) is 5.32 Å². The highest BCUT2D eigenvalue weighted by atomic mass is 31.0. The molecule has 2 rings (SSSR count). The zero-order valence-corrected chi connectivity index (χ0v) is 9.31. The van der Waals surface area contributed by atoms with Gasteiger partial charge in [-0.1, -0.05) is 6.92 Å². The van der Waals surface area contributed by atoms with Crippen molar-refractivity contribution >= 4 is 26.2 Å². The molecule has 0 aliphatic rings. The summed E-state index contributed by atoms with van der Waals surface area (Å²) >= 11 is 0. The average molecular weight is 227 g/mol. The highest BCUT2D eigenvalue weighted by molar-refractivity contribution is 7.17. The summed E-state index contributed by atoms with van der Waals surface area (Å²) in [6.07, 6.45) is 1.59. The molecule has 0 spiro atoms. The van der Waals surface area contributed by atoms with Crippen molar-refractivity contribution in [2.45, 2.75) is 19.1 Å². The number of hydrogen-bond donors (Lipinski definition) is 2. The Morgan fingerprint density at radius 1 is 1.60 bits per heavy atom. The standard InChI is InChI=1S/C8H11FN5P/c1-2-4(15)12-7-5-6(11-3-10-5)13-8(9)14-7/h3-4H,2,15H2,1H3,(H2,10,11,12,13,14)/t4-/m0/s1. The summed E-state index contributed by atoms with van der Waals surface area (Å²) in [5.41, 5.74) is 0.954. The van der Waals surface area contributed by atoms with E-state index in [4.69, 9.17) is 0 Å². The smallest absolute Gasteiger partial charge is 0.312 e. The monoisotopic (exact) mass is 227 g/mol. The first kappa shape index (κ1) is 10.2. The highest BCUT2D eigenvalue weighted by Gasteiger charge is 2.10. The molecule has 15 heavy (non-hydrogen) atoms. The van der Waals surface area contributed by atoms with Gasteiger partial charge in [0.25, 0.3) is 0 Å². The van der Waals surface area contributed by atoms with Gasteiger partial charge < -0.3 is 10.3 Å². The third kappa shape index (κ3) is 2.04. The molecule has 80 valence electrons. The first-order chi connectivity index (χ1) is 7.20. The van der Waals surface area contributed by atoms with Crippen molar-refractivity contribution in [1.82, 2.24) is 19.9 Å². The summed E-state index contributed by atoms with van der Waals surface area (Å²) in [7, 11) is 2.62. The van der Waals surface area contributed by atoms with Gasteiger partial charge in [-0.3, -0.25) is 0 Å². The van der Waals surface area contributed by atoms with E-state index in [9.17, 15) is 4.39 Å². The summed E-state index contributed by atoms with van der Waals surface area (Å²) in [5.74, 6) is 0.586. The molecule has 0 fully saturated rings. The molecule has 0 radical (unpaired) electrons. The van der Waals surface area contributed by atoms with Gasteiger partial charge in [-0.25, -0.2) is 4.98 Å². The molecule has 0 bridgehead atoms. The SMILES string of the molecule is CC[C@H](P)Nc1nc(F)nc2nc[nH]c12. The van der Waals surface area contributed by atoms with Crippen molar-refractivity contribution in [3.63, 3.8) is 0 Å². The second-order valence-corrected chi connectivity index (χ2v) is 3.91. The van der Waals surface area contributed by atoms with Crippen LogP contribution in [0.15, 0.2) is 6.33 Å². The molecule has 2 N–H and O–H groups in total. The van der Waals surface area contributed by atoms with E-state index in [1.54, 1.807) is 0 Å². The molecule has 2 atom stereocenters. The minimum Gasteiger partial charge on any atom is -0.362 e. The van der Waals surface area contributed by atoms with Crippen LogP contribution < -0.4 is 5.32 Å². The molecule has 7 heteroatoms. The molecule has 0 aliphatic heterocycles. The molecular formula is C8H11FN5P. The lowest BCUT2D eigenvalue weighted by atomic mass is 10.4. The molecule has 0 saturated heterocycles. The van der Waals surface area contributed by atoms with Crippen LogP contribution in [0.2, 0.25) is 0 Å². The van der Waals surface area contributed by atoms with Gasteiger partial charge in [-0.2, -0.15) is 14.4 Å². The van der Waals surface area contributed by atoms with Crippen LogP contribution in [0.5, 0.6) is 0 Å². The van der Waals surface area contributed by atoms with E-state index < -0.39 is 6.08 Å². The molecular weight excluding hydrogens is 216 g/mol. The van der Waals surface area contributed by atoms with Gasteiger partial charge in [0.2, 0.25) is 0 Å². The fourth-order valence-corrected chi connectivity index (χ4v) is 1.35. The maximum atomic E-state index is 13.0. The fraction of sp³-hybridized carbons (Fsp3) is 0.375. The summed E-state index contributed by atoms with van der Waals surface area (Å²) in [6.45, 7) is 2.02. The minimum absolute atomic E-state index is 0.144. The lowest BCUT2D eigenvalue weighted by molar-refractivity contribution is 0.545. The number of imidazole rings is 1.